The minimum Gasteiger partial charge on any atom is -0.399 e. The Bertz CT molecular complexity index is 514. The molecule has 1 fully saturated rings. The van der Waals surface area contributed by atoms with Gasteiger partial charge in [-0.15, -0.1) is 0 Å². The lowest BCUT2D eigenvalue weighted by atomic mass is 9.77. The van der Waals surface area contributed by atoms with Crippen molar-refractivity contribution in [3.8, 4) is 0 Å². The number of benzene rings is 1. The van der Waals surface area contributed by atoms with Crippen LogP contribution in [0.2, 0.25) is 0 Å². The van der Waals surface area contributed by atoms with Gasteiger partial charge >= 0.3 is 7.12 Å². The minimum atomic E-state index is -0.330. The van der Waals surface area contributed by atoms with Crippen molar-refractivity contribution in [2.24, 2.45) is 5.73 Å². The van der Waals surface area contributed by atoms with Gasteiger partial charge in [0.2, 0.25) is 0 Å². The molecule has 0 radical (unpaired) electrons. The van der Waals surface area contributed by atoms with E-state index in [0.717, 1.165) is 16.6 Å². The quantitative estimate of drug-likeness (QED) is 0.789. The van der Waals surface area contributed by atoms with Crippen LogP contribution in [-0.2, 0) is 20.7 Å². The van der Waals surface area contributed by atoms with Crippen LogP contribution < -0.4 is 11.2 Å². The van der Waals surface area contributed by atoms with Crippen molar-refractivity contribution >= 4 is 12.6 Å². The average Bonchev–Trinajstić information content (AvgIpc) is 2.58. The first-order valence-corrected chi connectivity index (χ1v) is 7.12. The highest BCUT2D eigenvalue weighted by molar-refractivity contribution is 6.62. The molecular weight excluding hydrogens is 253 g/mol. The van der Waals surface area contributed by atoms with E-state index in [1.165, 1.54) is 0 Å². The van der Waals surface area contributed by atoms with Crippen LogP contribution in [0.1, 0.15) is 44.9 Å². The molecule has 0 bridgehead atoms. The van der Waals surface area contributed by atoms with Crippen LogP contribution in [0.15, 0.2) is 18.2 Å². The summed E-state index contributed by atoms with van der Waals surface area (Å²) in [6, 6.07) is 6.18. The summed E-state index contributed by atoms with van der Waals surface area (Å²) in [6.45, 7) is 9.43. The Morgan fingerprint density at radius 1 is 1.15 bits per heavy atom. The third-order valence-electron chi connectivity index (χ3n) is 4.65. The summed E-state index contributed by atoms with van der Waals surface area (Å²) in [4.78, 5) is 0. The van der Waals surface area contributed by atoms with Crippen LogP contribution in [-0.4, -0.2) is 24.9 Å². The maximum Gasteiger partial charge on any atom is 0.494 e. The van der Waals surface area contributed by atoms with E-state index in [4.69, 9.17) is 19.8 Å². The highest BCUT2D eigenvalue weighted by Crippen LogP contribution is 2.36. The Labute approximate surface area is 120 Å². The van der Waals surface area contributed by atoms with Gasteiger partial charge < -0.3 is 19.8 Å². The van der Waals surface area contributed by atoms with Gasteiger partial charge in [-0.05, 0) is 44.3 Å². The van der Waals surface area contributed by atoms with E-state index in [1.54, 1.807) is 0 Å². The largest absolute Gasteiger partial charge is 0.494 e. The number of rotatable bonds is 1. The van der Waals surface area contributed by atoms with Gasteiger partial charge in [0.1, 0.15) is 0 Å². The molecule has 4 nitrogen and oxygen atoms in total. The maximum absolute atomic E-state index is 6.07. The fourth-order valence-electron chi connectivity index (χ4n) is 2.62. The summed E-state index contributed by atoms with van der Waals surface area (Å²) >= 11 is 0. The molecular formula is C15H22BNO3. The standard InChI is InChI=1S/C15H22BNO3/c1-14(2)15(3,4)20-16(19-14)11-5-6-12-10(7-11)8-18-9-13(12)17/h5-7,13H,8-9,17H2,1-4H3/t13-/m0/s1. The second-order valence-electron chi connectivity index (χ2n) is 6.67. The zero-order chi connectivity index (χ0) is 14.5. The Morgan fingerprint density at radius 2 is 1.80 bits per heavy atom. The van der Waals surface area contributed by atoms with E-state index < -0.39 is 0 Å². The summed E-state index contributed by atoms with van der Waals surface area (Å²) < 4.78 is 17.6. The molecule has 5 heteroatoms. The minimum absolute atomic E-state index is 0.0360. The lowest BCUT2D eigenvalue weighted by molar-refractivity contribution is 0.00578. The molecule has 2 heterocycles. The van der Waals surface area contributed by atoms with Crippen LogP contribution in [0.5, 0.6) is 0 Å². The molecule has 20 heavy (non-hydrogen) atoms. The van der Waals surface area contributed by atoms with Crippen molar-refractivity contribution in [3.05, 3.63) is 29.3 Å². The zero-order valence-corrected chi connectivity index (χ0v) is 12.6. The molecule has 0 aromatic heterocycles. The molecule has 0 saturated carbocycles. The van der Waals surface area contributed by atoms with E-state index in [0.29, 0.717) is 13.2 Å². The van der Waals surface area contributed by atoms with Gasteiger partial charge in [0, 0.05) is 0 Å². The number of hydrogen-bond acceptors (Lipinski definition) is 4. The van der Waals surface area contributed by atoms with E-state index in [9.17, 15) is 0 Å². The Hall–Kier alpha value is -0.875. The molecule has 1 aromatic rings. The van der Waals surface area contributed by atoms with Gasteiger partial charge in [0.05, 0.1) is 30.5 Å². The SMILES string of the molecule is CC1(C)OB(c2ccc3c(c2)COC[C@@H]3N)OC1(C)C. The van der Waals surface area contributed by atoms with Gasteiger partial charge in [0.25, 0.3) is 0 Å². The first-order valence-electron chi connectivity index (χ1n) is 7.12. The first kappa shape index (κ1) is 14.1. The fourth-order valence-corrected chi connectivity index (χ4v) is 2.62. The average molecular weight is 275 g/mol. The fraction of sp³-hybridized carbons (Fsp3) is 0.600. The number of nitrogens with two attached hydrogens (primary N) is 1. The molecule has 2 N–H and O–H groups in total. The lowest BCUT2D eigenvalue weighted by Gasteiger charge is -2.32. The summed E-state index contributed by atoms with van der Waals surface area (Å²) in [7, 11) is -0.330. The Morgan fingerprint density at radius 3 is 2.45 bits per heavy atom. The Kier molecular flexibility index (Phi) is 3.21. The third-order valence-corrected chi connectivity index (χ3v) is 4.65. The Balaban J connectivity index is 1.90. The van der Waals surface area contributed by atoms with Crippen molar-refractivity contribution in [1.29, 1.82) is 0 Å². The molecule has 108 valence electrons. The van der Waals surface area contributed by atoms with E-state index in [1.807, 2.05) is 6.07 Å². The number of ether oxygens (including phenoxy) is 1. The van der Waals surface area contributed by atoms with Gasteiger partial charge in [-0.1, -0.05) is 18.2 Å². The van der Waals surface area contributed by atoms with Crippen LogP contribution >= 0.6 is 0 Å². The predicted octanol–water partition coefficient (Wildman–Crippen LogP) is 1.52. The lowest BCUT2D eigenvalue weighted by Crippen LogP contribution is -2.41. The molecule has 1 saturated heterocycles. The van der Waals surface area contributed by atoms with E-state index in [2.05, 4.69) is 39.8 Å². The van der Waals surface area contributed by atoms with Crippen LogP contribution in [0.25, 0.3) is 0 Å². The summed E-state index contributed by atoms with van der Waals surface area (Å²) in [5.74, 6) is 0. The third kappa shape index (κ3) is 2.19. The van der Waals surface area contributed by atoms with E-state index >= 15 is 0 Å². The van der Waals surface area contributed by atoms with E-state index in [-0.39, 0.29) is 24.4 Å². The van der Waals surface area contributed by atoms with Crippen molar-refractivity contribution in [1.82, 2.24) is 0 Å². The molecule has 0 spiro atoms. The number of hydrogen-bond donors (Lipinski definition) is 1. The smallest absolute Gasteiger partial charge is 0.399 e. The van der Waals surface area contributed by atoms with Gasteiger partial charge in [0.15, 0.2) is 0 Å². The summed E-state index contributed by atoms with van der Waals surface area (Å²) in [5.41, 5.74) is 8.74. The molecule has 0 amide bonds. The predicted molar refractivity (Wildman–Crippen MR) is 78.7 cm³/mol. The summed E-state index contributed by atoms with van der Waals surface area (Å²) in [5, 5.41) is 0. The highest BCUT2D eigenvalue weighted by atomic mass is 16.7. The highest BCUT2D eigenvalue weighted by Gasteiger charge is 2.51. The molecule has 2 aliphatic rings. The van der Waals surface area contributed by atoms with Crippen molar-refractivity contribution in [2.75, 3.05) is 6.61 Å². The molecule has 1 atom stereocenters. The van der Waals surface area contributed by atoms with Gasteiger partial charge in [-0.3, -0.25) is 0 Å². The monoisotopic (exact) mass is 275 g/mol. The second-order valence-corrected chi connectivity index (χ2v) is 6.67. The van der Waals surface area contributed by atoms with Crippen LogP contribution in [0, 0.1) is 0 Å². The topological polar surface area (TPSA) is 53.7 Å². The molecule has 0 aliphatic carbocycles. The van der Waals surface area contributed by atoms with Crippen molar-refractivity contribution in [2.45, 2.75) is 51.5 Å². The van der Waals surface area contributed by atoms with Crippen LogP contribution in [0.4, 0.5) is 0 Å². The summed E-state index contributed by atoms with van der Waals surface area (Å²) in [6.07, 6.45) is 0. The van der Waals surface area contributed by atoms with Gasteiger partial charge in [-0.25, -0.2) is 0 Å². The molecule has 1 aromatic carbocycles. The molecule has 3 rings (SSSR count). The maximum atomic E-state index is 6.07. The van der Waals surface area contributed by atoms with Gasteiger partial charge in [-0.2, -0.15) is 0 Å². The first-order chi connectivity index (χ1) is 9.30. The normalized spacial score (nSPS) is 27.4. The zero-order valence-electron chi connectivity index (χ0n) is 12.6. The second kappa shape index (κ2) is 4.56. The van der Waals surface area contributed by atoms with Crippen LogP contribution in [0.3, 0.4) is 0 Å². The number of fused-ring (bicyclic) bond motifs is 1. The van der Waals surface area contributed by atoms with Crippen molar-refractivity contribution < 1.29 is 14.0 Å². The molecule has 2 aliphatic heterocycles. The molecule has 0 unspecified atom stereocenters. The van der Waals surface area contributed by atoms with Crippen molar-refractivity contribution in [3.63, 3.8) is 0 Å².